The highest BCUT2D eigenvalue weighted by atomic mass is 31.2. The zero-order valence-corrected chi connectivity index (χ0v) is 20.6. The van der Waals surface area contributed by atoms with E-state index in [1.807, 2.05) is 60.7 Å². The lowest BCUT2D eigenvalue weighted by atomic mass is 9.99. The number of hydrogen-bond acceptors (Lipinski definition) is 8. The number of methoxy groups -OCH3 is 1. The maximum Gasteiger partial charge on any atom is 0.331 e. The van der Waals surface area contributed by atoms with Crippen molar-refractivity contribution < 1.29 is 37.7 Å². The van der Waals surface area contributed by atoms with Crippen LogP contribution in [0.5, 0.6) is 0 Å². The van der Waals surface area contributed by atoms with Crippen molar-refractivity contribution in [2.75, 3.05) is 13.3 Å². The molecule has 2 aliphatic rings. The van der Waals surface area contributed by atoms with Gasteiger partial charge in [0, 0.05) is 7.11 Å². The van der Waals surface area contributed by atoms with Crippen LogP contribution in [0.25, 0.3) is 0 Å². The molecule has 4 N–H and O–H groups in total. The smallest absolute Gasteiger partial charge is 0.331 e. The quantitative estimate of drug-likeness (QED) is 0.496. The summed E-state index contributed by atoms with van der Waals surface area (Å²) in [6.45, 7) is 3.95. The molecule has 6 atom stereocenters. The summed E-state index contributed by atoms with van der Waals surface area (Å²) in [6, 6.07) is 19.0. The Morgan fingerprint density at radius 2 is 1.50 bits per heavy atom. The summed E-state index contributed by atoms with van der Waals surface area (Å²) >= 11 is 0. The zero-order valence-electron chi connectivity index (χ0n) is 19.7. The van der Waals surface area contributed by atoms with Gasteiger partial charge in [-0.3, -0.25) is 4.57 Å². The van der Waals surface area contributed by atoms with Gasteiger partial charge in [-0.15, -0.1) is 0 Å². The van der Waals surface area contributed by atoms with Crippen LogP contribution >= 0.6 is 7.60 Å². The van der Waals surface area contributed by atoms with E-state index < -0.39 is 44.1 Å². The second-order valence-electron chi connectivity index (χ2n) is 8.68. The Kier molecular flexibility index (Phi) is 9.03. The highest BCUT2D eigenvalue weighted by Gasteiger charge is 2.57. The molecular formula is C24H34NO8P. The molecule has 0 bridgehead atoms. The van der Waals surface area contributed by atoms with Crippen molar-refractivity contribution in [2.45, 2.75) is 63.6 Å². The Hall–Kier alpha value is -1.65. The molecule has 0 spiro atoms. The molecule has 34 heavy (non-hydrogen) atoms. The van der Waals surface area contributed by atoms with Gasteiger partial charge in [-0.2, -0.15) is 0 Å². The first-order valence-electron chi connectivity index (χ1n) is 11.0. The summed E-state index contributed by atoms with van der Waals surface area (Å²) in [5, 5.41) is 0. The third-order valence-electron chi connectivity index (χ3n) is 5.64. The molecule has 0 saturated carbocycles. The van der Waals surface area contributed by atoms with Gasteiger partial charge in [-0.25, -0.2) is 0 Å². The Labute approximate surface area is 200 Å². The van der Waals surface area contributed by atoms with Crippen molar-refractivity contribution in [1.29, 1.82) is 0 Å². The van der Waals surface area contributed by atoms with Crippen LogP contribution in [0.3, 0.4) is 0 Å². The fraction of sp³-hybridized carbons (Fsp3) is 0.500. The highest BCUT2D eigenvalue weighted by Crippen LogP contribution is 2.48. The third kappa shape index (κ3) is 6.73. The largest absolute Gasteiger partial charge is 0.365 e. The van der Waals surface area contributed by atoms with Crippen LogP contribution in [-0.4, -0.2) is 54.7 Å². The molecule has 1 unspecified atom stereocenters. The molecule has 188 valence electrons. The van der Waals surface area contributed by atoms with Crippen molar-refractivity contribution in [3.05, 3.63) is 71.8 Å². The summed E-state index contributed by atoms with van der Waals surface area (Å²) in [7, 11) is -2.49. The Morgan fingerprint density at radius 1 is 0.941 bits per heavy atom. The van der Waals surface area contributed by atoms with Crippen molar-refractivity contribution in [3.8, 4) is 0 Å². The topological polar surface area (TPSA) is 128 Å². The zero-order chi connectivity index (χ0) is 23.5. The third-order valence-corrected chi connectivity index (χ3v) is 6.99. The summed E-state index contributed by atoms with van der Waals surface area (Å²) in [5.41, 5.74) is 1.80. The molecule has 2 aliphatic heterocycles. The average molecular weight is 496 g/mol. The van der Waals surface area contributed by atoms with Gasteiger partial charge in [0.2, 0.25) is 0 Å². The van der Waals surface area contributed by atoms with Gasteiger partial charge in [0.1, 0.15) is 24.4 Å². The molecule has 0 aromatic heterocycles. The fourth-order valence-corrected chi connectivity index (χ4v) is 5.35. The first-order valence-corrected chi connectivity index (χ1v) is 12.7. The second kappa shape index (κ2) is 11.4. The first-order chi connectivity index (χ1) is 15.8. The summed E-state index contributed by atoms with van der Waals surface area (Å²) in [4.78, 5) is 10.5. The van der Waals surface area contributed by atoms with E-state index in [0.717, 1.165) is 11.1 Å². The molecule has 0 radical (unpaired) electrons. The van der Waals surface area contributed by atoms with E-state index in [2.05, 4.69) is 0 Å². The van der Waals surface area contributed by atoms with Crippen molar-refractivity contribution >= 4 is 7.60 Å². The minimum atomic E-state index is -3.99. The number of benzene rings is 2. The van der Waals surface area contributed by atoms with Crippen molar-refractivity contribution in [2.24, 2.45) is 0 Å². The normalized spacial score (nSPS) is 29.6. The van der Waals surface area contributed by atoms with Crippen LogP contribution < -0.4 is 6.15 Å². The maximum absolute atomic E-state index is 12.9. The minimum Gasteiger partial charge on any atom is -0.365 e. The van der Waals surface area contributed by atoms with Crippen LogP contribution in [-0.2, 0) is 46.0 Å². The van der Waals surface area contributed by atoms with Gasteiger partial charge < -0.3 is 39.3 Å². The van der Waals surface area contributed by atoms with Crippen LogP contribution in [0, 0.1) is 0 Å². The predicted octanol–water partition coefficient (Wildman–Crippen LogP) is 4.03. The van der Waals surface area contributed by atoms with Crippen LogP contribution in [0.1, 0.15) is 25.0 Å². The van der Waals surface area contributed by atoms with E-state index in [9.17, 15) is 9.46 Å². The lowest BCUT2D eigenvalue weighted by Gasteiger charge is -2.41. The molecule has 10 heteroatoms. The van der Waals surface area contributed by atoms with Crippen LogP contribution in [0.2, 0.25) is 0 Å². The molecule has 2 fully saturated rings. The monoisotopic (exact) mass is 495 g/mol. The fourth-order valence-electron chi connectivity index (χ4n) is 4.15. The number of hydrogen-bond donors (Lipinski definition) is 2. The maximum atomic E-state index is 12.9. The molecule has 4 rings (SSSR count). The Morgan fingerprint density at radius 3 is 2.09 bits per heavy atom. The van der Waals surface area contributed by atoms with Gasteiger partial charge in [0.05, 0.1) is 19.4 Å². The standard InChI is InChI=1S/C24H31O8P.H3N/c1-24(2)31-20-19(16-33(25,26)29-15-18-12-8-5-9-13-18)30-23(27-3)22(21(20)32-24)28-14-17-10-6-4-7-11-17;/h4-13,19-23H,14-16H2,1-3H3,(H,25,26);1H3/t19-,20+,21+,22-,23-;/m1./s1. The van der Waals surface area contributed by atoms with Gasteiger partial charge >= 0.3 is 7.60 Å². The predicted molar refractivity (Wildman–Crippen MR) is 125 cm³/mol. The molecule has 2 aromatic rings. The summed E-state index contributed by atoms with van der Waals surface area (Å²) in [6.07, 6.45) is -3.57. The van der Waals surface area contributed by atoms with Gasteiger partial charge in [-0.1, -0.05) is 60.7 Å². The molecule has 2 heterocycles. The van der Waals surface area contributed by atoms with E-state index in [0.29, 0.717) is 6.61 Å². The van der Waals surface area contributed by atoms with E-state index in [-0.39, 0.29) is 18.9 Å². The summed E-state index contributed by atoms with van der Waals surface area (Å²) in [5.74, 6) is -0.904. The van der Waals surface area contributed by atoms with Gasteiger partial charge in [0.25, 0.3) is 0 Å². The molecular weight excluding hydrogens is 461 g/mol. The van der Waals surface area contributed by atoms with E-state index >= 15 is 0 Å². The van der Waals surface area contributed by atoms with Crippen LogP contribution in [0.4, 0.5) is 0 Å². The lowest BCUT2D eigenvalue weighted by Crippen LogP contribution is -2.58. The van der Waals surface area contributed by atoms with E-state index in [4.69, 9.17) is 28.2 Å². The molecule has 2 saturated heterocycles. The Balaban J connectivity index is 0.00000324. The second-order valence-corrected chi connectivity index (χ2v) is 10.6. The molecule has 0 aliphatic carbocycles. The Bertz CT molecular complexity index is 945. The number of fused-ring (bicyclic) bond motifs is 1. The lowest BCUT2D eigenvalue weighted by molar-refractivity contribution is -0.278. The molecule has 9 nitrogen and oxygen atoms in total. The van der Waals surface area contributed by atoms with Crippen molar-refractivity contribution in [3.63, 3.8) is 0 Å². The van der Waals surface area contributed by atoms with Gasteiger partial charge in [0.15, 0.2) is 12.1 Å². The van der Waals surface area contributed by atoms with Gasteiger partial charge in [-0.05, 0) is 25.0 Å². The summed E-state index contributed by atoms with van der Waals surface area (Å²) < 4.78 is 48.2. The van der Waals surface area contributed by atoms with Crippen LogP contribution in [0.15, 0.2) is 60.7 Å². The molecule has 0 amide bonds. The molecule has 2 aromatic carbocycles. The van der Waals surface area contributed by atoms with E-state index in [1.54, 1.807) is 13.8 Å². The number of ether oxygens (including phenoxy) is 5. The SMILES string of the molecule is CO[C@@H]1O[C@H](CP(=O)(O)OCc2ccccc2)[C@@H]2OC(C)(C)O[C@@H]2[C@H]1OCc1ccccc1.N. The van der Waals surface area contributed by atoms with Crippen molar-refractivity contribution in [1.82, 2.24) is 6.15 Å². The first kappa shape index (κ1) is 26.9. The highest BCUT2D eigenvalue weighted by molar-refractivity contribution is 7.52. The minimum absolute atomic E-state index is 0. The average Bonchev–Trinajstić information content (AvgIpc) is 3.13. The number of rotatable bonds is 9. The van der Waals surface area contributed by atoms with E-state index in [1.165, 1.54) is 7.11 Å².